The molecule has 0 aliphatic heterocycles. The van der Waals surface area contributed by atoms with Crippen molar-refractivity contribution < 1.29 is 58.8 Å². The van der Waals surface area contributed by atoms with Crippen LogP contribution in [0.1, 0.15) is 38.5 Å². The third-order valence-corrected chi connectivity index (χ3v) is 4.32. The van der Waals surface area contributed by atoms with Crippen molar-refractivity contribution in [3.8, 4) is 0 Å². The fourth-order valence-corrected chi connectivity index (χ4v) is 2.55. The monoisotopic (exact) mass is 505 g/mol. The molecule has 0 aromatic carbocycles. The molecule has 4 amide bonds. The van der Waals surface area contributed by atoms with E-state index in [1.807, 2.05) is 16.0 Å². The molecule has 0 aliphatic rings. The van der Waals surface area contributed by atoms with Gasteiger partial charge in [0.15, 0.2) is 0 Å². The molecular weight excluding hydrogens is 478 g/mol. The number of hydrogen-bond donors (Lipinski definition) is 9. The van der Waals surface area contributed by atoms with Gasteiger partial charge in [0.05, 0.1) is 18.9 Å². The van der Waals surface area contributed by atoms with Gasteiger partial charge in [-0.25, -0.2) is 4.79 Å². The summed E-state index contributed by atoms with van der Waals surface area (Å²) in [5.74, 6) is -10.6. The Labute approximate surface area is 197 Å². The zero-order chi connectivity index (χ0) is 27.3. The first-order valence-electron chi connectivity index (χ1n) is 9.97. The zero-order valence-electron chi connectivity index (χ0n) is 18.3. The molecule has 4 atom stereocenters. The van der Waals surface area contributed by atoms with Gasteiger partial charge >= 0.3 is 23.9 Å². The lowest BCUT2D eigenvalue weighted by Crippen LogP contribution is -2.58. The highest BCUT2D eigenvalue weighted by Gasteiger charge is 2.32. The normalized spacial score (nSPS) is 13.9. The van der Waals surface area contributed by atoms with Crippen LogP contribution in [0.5, 0.6) is 0 Å². The number of carbonyl (C=O) groups excluding carboxylic acids is 4. The molecule has 4 unspecified atom stereocenters. The van der Waals surface area contributed by atoms with E-state index in [9.17, 15) is 38.4 Å². The number of aliphatic carboxylic acids is 4. The highest BCUT2D eigenvalue weighted by molar-refractivity contribution is 5.97. The second-order valence-corrected chi connectivity index (χ2v) is 7.26. The Morgan fingerprint density at radius 1 is 0.600 bits per heavy atom. The average molecular weight is 505 g/mol. The van der Waals surface area contributed by atoms with Gasteiger partial charge in [0, 0.05) is 12.8 Å². The van der Waals surface area contributed by atoms with Gasteiger partial charge in [-0.3, -0.25) is 33.6 Å². The van der Waals surface area contributed by atoms with E-state index in [1.54, 1.807) is 0 Å². The lowest BCUT2D eigenvalue weighted by molar-refractivity contribution is -0.145. The first kappa shape index (κ1) is 30.7. The van der Waals surface area contributed by atoms with Crippen molar-refractivity contribution in [2.45, 2.75) is 62.7 Å². The van der Waals surface area contributed by atoms with Crippen LogP contribution in [0, 0.1) is 0 Å². The fraction of sp³-hybridized carbons (Fsp3) is 0.556. The van der Waals surface area contributed by atoms with E-state index >= 15 is 0 Å². The standard InChI is InChI=1S/C18H27N5O12/c19-7(1-3-11(20)24)15(31)22-9(5-13(27)28)17(33)23-10(6-14(29)30)16(32)21-8(18(34)35)2-4-12(25)26/h7-10H,1-6,19H2,(H2,20,24)(H,21,32)(H,22,31)(H,23,33)(H,25,26)(H,27,28)(H,29,30)(H,34,35). The molecule has 0 spiro atoms. The molecule has 0 aromatic rings. The number of carboxylic acid groups (broad SMARTS) is 4. The van der Waals surface area contributed by atoms with E-state index in [2.05, 4.69) is 0 Å². The molecule has 17 nitrogen and oxygen atoms in total. The molecule has 0 aromatic heterocycles. The van der Waals surface area contributed by atoms with E-state index in [1.165, 1.54) is 0 Å². The van der Waals surface area contributed by atoms with Gasteiger partial charge in [0.25, 0.3) is 0 Å². The van der Waals surface area contributed by atoms with E-state index in [4.69, 9.17) is 31.9 Å². The van der Waals surface area contributed by atoms with Crippen molar-refractivity contribution in [3.63, 3.8) is 0 Å². The van der Waals surface area contributed by atoms with Crippen molar-refractivity contribution in [1.29, 1.82) is 0 Å². The first-order valence-corrected chi connectivity index (χ1v) is 9.97. The maximum atomic E-state index is 12.6. The highest BCUT2D eigenvalue weighted by atomic mass is 16.4. The minimum absolute atomic E-state index is 0.223. The van der Waals surface area contributed by atoms with Crippen molar-refractivity contribution in [2.24, 2.45) is 11.5 Å². The topological polar surface area (TPSA) is 306 Å². The average Bonchev–Trinajstić information content (AvgIpc) is 2.72. The molecule has 11 N–H and O–H groups in total. The van der Waals surface area contributed by atoms with E-state index in [-0.39, 0.29) is 12.8 Å². The summed E-state index contributed by atoms with van der Waals surface area (Å²) < 4.78 is 0. The molecule has 0 aliphatic carbocycles. The molecule has 0 fully saturated rings. The Morgan fingerprint density at radius 2 is 1.03 bits per heavy atom. The Kier molecular flexibility index (Phi) is 13.0. The van der Waals surface area contributed by atoms with E-state index < -0.39 is 97.4 Å². The third-order valence-electron chi connectivity index (χ3n) is 4.32. The van der Waals surface area contributed by atoms with Gasteiger partial charge in [0.2, 0.25) is 23.6 Å². The second-order valence-electron chi connectivity index (χ2n) is 7.26. The van der Waals surface area contributed by atoms with Crippen LogP contribution < -0.4 is 27.4 Å². The molecule has 0 bridgehead atoms. The molecule has 0 saturated carbocycles. The zero-order valence-corrected chi connectivity index (χ0v) is 18.3. The number of rotatable bonds is 17. The summed E-state index contributed by atoms with van der Waals surface area (Å²) in [6, 6.07) is -6.82. The number of amides is 4. The van der Waals surface area contributed by atoms with Crippen LogP contribution in [0.4, 0.5) is 0 Å². The number of primary amides is 1. The summed E-state index contributed by atoms with van der Waals surface area (Å²) in [4.78, 5) is 92.1. The summed E-state index contributed by atoms with van der Waals surface area (Å²) in [6.45, 7) is 0. The summed E-state index contributed by atoms with van der Waals surface area (Å²) in [7, 11) is 0. The van der Waals surface area contributed by atoms with Crippen LogP contribution in [0.15, 0.2) is 0 Å². The van der Waals surface area contributed by atoms with Gasteiger partial charge in [-0.05, 0) is 12.8 Å². The van der Waals surface area contributed by atoms with Crippen molar-refractivity contribution >= 4 is 47.5 Å². The maximum absolute atomic E-state index is 12.6. The van der Waals surface area contributed by atoms with Crippen LogP contribution >= 0.6 is 0 Å². The minimum atomic E-state index is -1.91. The van der Waals surface area contributed by atoms with Crippen molar-refractivity contribution in [1.82, 2.24) is 16.0 Å². The third kappa shape index (κ3) is 13.1. The quantitative estimate of drug-likeness (QED) is 0.0909. The minimum Gasteiger partial charge on any atom is -0.481 e. The van der Waals surface area contributed by atoms with Crippen LogP contribution in [0.3, 0.4) is 0 Å². The van der Waals surface area contributed by atoms with Gasteiger partial charge in [0.1, 0.15) is 18.1 Å². The number of carbonyl (C=O) groups is 8. The highest BCUT2D eigenvalue weighted by Crippen LogP contribution is 2.04. The number of hydrogen-bond acceptors (Lipinski definition) is 9. The Hall–Kier alpha value is -4.28. The van der Waals surface area contributed by atoms with Gasteiger partial charge in [-0.2, -0.15) is 0 Å². The molecule has 0 radical (unpaired) electrons. The molecule has 0 saturated heterocycles. The summed E-state index contributed by atoms with van der Waals surface area (Å²) in [6.07, 6.45) is -3.76. The summed E-state index contributed by atoms with van der Waals surface area (Å²) in [5.41, 5.74) is 10.5. The second kappa shape index (κ2) is 14.8. The number of carboxylic acids is 4. The largest absolute Gasteiger partial charge is 0.481 e. The SMILES string of the molecule is NC(=O)CCC(N)C(=O)NC(CC(=O)O)C(=O)NC(CC(=O)O)C(=O)NC(CCC(=O)O)C(=O)O. The Bertz CT molecular complexity index is 861. The lowest BCUT2D eigenvalue weighted by Gasteiger charge is -2.23. The van der Waals surface area contributed by atoms with Gasteiger partial charge < -0.3 is 47.8 Å². The Morgan fingerprint density at radius 3 is 1.40 bits per heavy atom. The Balaban J connectivity index is 5.53. The van der Waals surface area contributed by atoms with Crippen LogP contribution in [0.25, 0.3) is 0 Å². The predicted octanol–water partition coefficient (Wildman–Crippen LogP) is -4.07. The van der Waals surface area contributed by atoms with E-state index in [0.29, 0.717) is 0 Å². The van der Waals surface area contributed by atoms with E-state index in [0.717, 1.165) is 0 Å². The van der Waals surface area contributed by atoms with Crippen LogP contribution in [0.2, 0.25) is 0 Å². The van der Waals surface area contributed by atoms with Crippen molar-refractivity contribution in [2.75, 3.05) is 0 Å². The lowest BCUT2D eigenvalue weighted by atomic mass is 10.1. The molecular formula is C18H27N5O12. The number of nitrogens with one attached hydrogen (secondary N) is 3. The first-order chi connectivity index (χ1) is 16.1. The smallest absolute Gasteiger partial charge is 0.326 e. The predicted molar refractivity (Wildman–Crippen MR) is 111 cm³/mol. The van der Waals surface area contributed by atoms with Gasteiger partial charge in [-0.1, -0.05) is 0 Å². The summed E-state index contributed by atoms with van der Waals surface area (Å²) >= 11 is 0. The molecule has 196 valence electrons. The van der Waals surface area contributed by atoms with Gasteiger partial charge in [-0.15, -0.1) is 0 Å². The van der Waals surface area contributed by atoms with Crippen molar-refractivity contribution in [3.05, 3.63) is 0 Å². The fourth-order valence-electron chi connectivity index (χ4n) is 2.55. The number of nitrogens with two attached hydrogens (primary N) is 2. The maximum Gasteiger partial charge on any atom is 0.326 e. The van der Waals surface area contributed by atoms with Crippen LogP contribution in [-0.4, -0.2) is 92.1 Å². The molecule has 35 heavy (non-hydrogen) atoms. The molecule has 17 heteroatoms. The molecule has 0 rings (SSSR count). The van der Waals surface area contributed by atoms with Crippen LogP contribution in [-0.2, 0) is 38.4 Å². The molecule has 0 heterocycles. The summed E-state index contributed by atoms with van der Waals surface area (Å²) in [5, 5.41) is 41.7.